The van der Waals surface area contributed by atoms with Gasteiger partial charge in [-0.3, -0.25) is 9.59 Å². The number of nitrogens with one attached hydrogen (secondary N) is 2. The lowest BCUT2D eigenvalue weighted by atomic mass is 10.3. The van der Waals surface area contributed by atoms with Crippen molar-refractivity contribution < 1.29 is 14.3 Å². The molecule has 29 heavy (non-hydrogen) atoms. The van der Waals surface area contributed by atoms with Crippen molar-refractivity contribution in [3.63, 3.8) is 0 Å². The van der Waals surface area contributed by atoms with E-state index in [9.17, 15) is 9.59 Å². The number of rotatable bonds is 9. The number of fused-ring (bicyclic) bond motifs is 1. The lowest BCUT2D eigenvalue weighted by Gasteiger charge is -2.12. The van der Waals surface area contributed by atoms with Crippen molar-refractivity contribution in [2.24, 2.45) is 0 Å². The van der Waals surface area contributed by atoms with Gasteiger partial charge in [-0.2, -0.15) is 0 Å². The van der Waals surface area contributed by atoms with Crippen molar-refractivity contribution >= 4 is 28.5 Å². The maximum absolute atomic E-state index is 12.7. The quantitative estimate of drug-likeness (QED) is 0.584. The molecule has 2 amide bonds. The van der Waals surface area contributed by atoms with Crippen LogP contribution >= 0.6 is 0 Å². The van der Waals surface area contributed by atoms with Crippen LogP contribution in [0.15, 0.2) is 48.5 Å². The first-order valence-electron chi connectivity index (χ1n) is 9.76. The molecule has 0 fully saturated rings. The van der Waals surface area contributed by atoms with Gasteiger partial charge >= 0.3 is 0 Å². The summed E-state index contributed by atoms with van der Waals surface area (Å²) in [5.74, 6) is 1.23. The zero-order chi connectivity index (χ0) is 20.6. The molecule has 0 bridgehead atoms. The maximum Gasteiger partial charge on any atom is 0.244 e. The third-order valence-electron chi connectivity index (χ3n) is 4.56. The molecule has 2 N–H and O–H groups in total. The van der Waals surface area contributed by atoms with E-state index in [1.54, 1.807) is 19.2 Å². The van der Waals surface area contributed by atoms with Crippen molar-refractivity contribution in [2.45, 2.75) is 32.7 Å². The predicted molar refractivity (Wildman–Crippen MR) is 113 cm³/mol. The largest absolute Gasteiger partial charge is 0.495 e. The van der Waals surface area contributed by atoms with Gasteiger partial charge in [0.25, 0.3) is 0 Å². The minimum absolute atomic E-state index is 0.0316. The summed E-state index contributed by atoms with van der Waals surface area (Å²) in [5.41, 5.74) is 2.34. The Morgan fingerprint density at radius 1 is 1.07 bits per heavy atom. The maximum atomic E-state index is 12.7. The van der Waals surface area contributed by atoms with Crippen molar-refractivity contribution in [1.29, 1.82) is 0 Å². The van der Waals surface area contributed by atoms with Gasteiger partial charge < -0.3 is 19.9 Å². The number of nitrogens with zero attached hydrogens (tertiary/aromatic N) is 2. The van der Waals surface area contributed by atoms with Crippen LogP contribution in [0, 0.1) is 0 Å². The number of carbonyl (C=O) groups is 2. The molecule has 3 rings (SSSR count). The predicted octanol–water partition coefficient (Wildman–Crippen LogP) is 3.14. The molecule has 0 aliphatic heterocycles. The van der Waals surface area contributed by atoms with Crippen LogP contribution in [0.2, 0.25) is 0 Å². The molecule has 0 saturated heterocycles. The number of hydrogen-bond donors (Lipinski definition) is 2. The lowest BCUT2D eigenvalue weighted by Crippen LogP contribution is -2.27. The van der Waals surface area contributed by atoms with Gasteiger partial charge in [-0.05, 0) is 30.7 Å². The summed E-state index contributed by atoms with van der Waals surface area (Å²) in [5, 5.41) is 5.80. The van der Waals surface area contributed by atoms with E-state index < -0.39 is 0 Å². The van der Waals surface area contributed by atoms with Gasteiger partial charge in [0.1, 0.15) is 18.1 Å². The highest BCUT2D eigenvalue weighted by Gasteiger charge is 2.15. The first-order valence-corrected chi connectivity index (χ1v) is 9.76. The number of carbonyl (C=O) groups excluding carboxylic acids is 2. The Balaban J connectivity index is 1.76. The van der Waals surface area contributed by atoms with Crippen molar-refractivity contribution in [3.8, 4) is 5.75 Å². The Hall–Kier alpha value is -3.35. The van der Waals surface area contributed by atoms with E-state index >= 15 is 0 Å². The molecule has 1 aromatic heterocycles. The molecule has 1 heterocycles. The SMILES string of the molecule is CCCC(=O)NCCc1nc2ccccc2n1CC(=O)Nc1ccccc1OC. The lowest BCUT2D eigenvalue weighted by molar-refractivity contribution is -0.121. The van der Waals surface area contributed by atoms with E-state index in [0.29, 0.717) is 30.8 Å². The fourth-order valence-electron chi connectivity index (χ4n) is 3.20. The average molecular weight is 394 g/mol. The first-order chi connectivity index (χ1) is 14.1. The Morgan fingerprint density at radius 3 is 2.62 bits per heavy atom. The highest BCUT2D eigenvalue weighted by molar-refractivity contribution is 5.93. The molecule has 7 nitrogen and oxygen atoms in total. The Kier molecular flexibility index (Phi) is 6.84. The molecule has 0 atom stereocenters. The van der Waals surface area contributed by atoms with Gasteiger partial charge in [0.05, 0.1) is 23.8 Å². The smallest absolute Gasteiger partial charge is 0.244 e. The van der Waals surface area contributed by atoms with Crippen LogP contribution in [-0.4, -0.2) is 35.0 Å². The molecular weight excluding hydrogens is 368 g/mol. The number of para-hydroxylation sites is 4. The van der Waals surface area contributed by atoms with Gasteiger partial charge in [0.15, 0.2) is 0 Å². The number of aromatic nitrogens is 2. The highest BCUT2D eigenvalue weighted by Crippen LogP contribution is 2.23. The zero-order valence-electron chi connectivity index (χ0n) is 16.8. The van der Waals surface area contributed by atoms with Crippen LogP contribution in [0.1, 0.15) is 25.6 Å². The van der Waals surface area contributed by atoms with Gasteiger partial charge in [-0.25, -0.2) is 4.98 Å². The highest BCUT2D eigenvalue weighted by atomic mass is 16.5. The molecule has 0 aliphatic rings. The molecule has 7 heteroatoms. The second kappa shape index (κ2) is 9.73. The van der Waals surface area contributed by atoms with Gasteiger partial charge in [-0.15, -0.1) is 0 Å². The fraction of sp³-hybridized carbons (Fsp3) is 0.318. The minimum Gasteiger partial charge on any atom is -0.495 e. The second-order valence-electron chi connectivity index (χ2n) is 6.70. The normalized spacial score (nSPS) is 10.7. The van der Waals surface area contributed by atoms with E-state index in [0.717, 1.165) is 23.3 Å². The number of anilines is 1. The third kappa shape index (κ3) is 5.13. The third-order valence-corrected chi connectivity index (χ3v) is 4.56. The molecule has 0 unspecified atom stereocenters. The molecule has 0 spiro atoms. The van der Waals surface area contributed by atoms with E-state index in [2.05, 4.69) is 15.6 Å². The number of benzene rings is 2. The summed E-state index contributed by atoms with van der Waals surface area (Å²) < 4.78 is 7.19. The number of amides is 2. The van der Waals surface area contributed by atoms with Gasteiger partial charge in [0, 0.05) is 19.4 Å². The number of imidazole rings is 1. The molecular formula is C22H26N4O3. The van der Waals surface area contributed by atoms with E-state index in [-0.39, 0.29) is 18.4 Å². The molecule has 2 aromatic carbocycles. The molecule has 0 radical (unpaired) electrons. The van der Waals surface area contributed by atoms with Crippen LogP contribution in [-0.2, 0) is 22.6 Å². The Bertz CT molecular complexity index is 997. The molecule has 152 valence electrons. The standard InChI is InChI=1S/C22H26N4O3/c1-3-8-21(27)23-14-13-20-24-16-9-4-6-11-18(16)26(20)15-22(28)25-17-10-5-7-12-19(17)29-2/h4-7,9-12H,3,8,13-15H2,1-2H3,(H,23,27)(H,25,28). The number of ether oxygens (including phenoxy) is 1. The zero-order valence-corrected chi connectivity index (χ0v) is 16.8. The van der Waals surface area contributed by atoms with Crippen LogP contribution < -0.4 is 15.4 Å². The minimum atomic E-state index is -0.172. The summed E-state index contributed by atoms with van der Waals surface area (Å²) in [7, 11) is 1.57. The van der Waals surface area contributed by atoms with Crippen molar-refractivity contribution in [1.82, 2.24) is 14.9 Å². The van der Waals surface area contributed by atoms with Crippen LogP contribution in [0.5, 0.6) is 5.75 Å². The monoisotopic (exact) mass is 394 g/mol. The summed E-state index contributed by atoms with van der Waals surface area (Å²) >= 11 is 0. The van der Waals surface area contributed by atoms with E-state index in [1.165, 1.54) is 0 Å². The first kappa shape index (κ1) is 20.4. The summed E-state index contributed by atoms with van der Waals surface area (Å²) in [4.78, 5) is 29.1. The summed E-state index contributed by atoms with van der Waals surface area (Å²) in [6.07, 6.45) is 1.87. The second-order valence-corrected chi connectivity index (χ2v) is 6.70. The summed E-state index contributed by atoms with van der Waals surface area (Å²) in [6, 6.07) is 15.0. The topological polar surface area (TPSA) is 85.2 Å². The Morgan fingerprint density at radius 2 is 1.83 bits per heavy atom. The molecule has 0 saturated carbocycles. The molecule has 3 aromatic rings. The van der Waals surface area contributed by atoms with E-state index in [4.69, 9.17) is 4.74 Å². The fourth-order valence-corrected chi connectivity index (χ4v) is 3.20. The number of hydrogen-bond acceptors (Lipinski definition) is 4. The van der Waals surface area contributed by atoms with Crippen LogP contribution in [0.3, 0.4) is 0 Å². The van der Waals surface area contributed by atoms with E-state index in [1.807, 2.05) is 47.9 Å². The van der Waals surface area contributed by atoms with Crippen molar-refractivity contribution in [3.05, 3.63) is 54.4 Å². The van der Waals surface area contributed by atoms with Gasteiger partial charge in [-0.1, -0.05) is 31.2 Å². The van der Waals surface area contributed by atoms with Crippen molar-refractivity contribution in [2.75, 3.05) is 19.0 Å². The molecule has 0 aliphatic carbocycles. The van der Waals surface area contributed by atoms with Crippen LogP contribution in [0.25, 0.3) is 11.0 Å². The number of methoxy groups -OCH3 is 1. The summed E-state index contributed by atoms with van der Waals surface area (Å²) in [6.45, 7) is 2.58. The van der Waals surface area contributed by atoms with Gasteiger partial charge in [0.2, 0.25) is 11.8 Å². The Labute approximate surface area is 170 Å². The van der Waals surface area contributed by atoms with Crippen LogP contribution in [0.4, 0.5) is 5.69 Å². The average Bonchev–Trinajstić information content (AvgIpc) is 3.06.